The number of esters is 1. The van der Waals surface area contributed by atoms with Crippen LogP contribution < -0.4 is 10.1 Å². The molecule has 38 heavy (non-hydrogen) atoms. The van der Waals surface area contributed by atoms with Crippen LogP contribution in [0.3, 0.4) is 0 Å². The highest BCUT2D eigenvalue weighted by Crippen LogP contribution is 2.31. The van der Waals surface area contributed by atoms with Crippen LogP contribution in [0.5, 0.6) is 5.75 Å². The molecular weight excluding hydrogens is 526 g/mol. The molecular formula is C28H26ClN3O5S. The molecule has 1 aliphatic heterocycles. The van der Waals surface area contributed by atoms with Gasteiger partial charge in [-0.15, -0.1) is 0 Å². The highest BCUT2D eigenvalue weighted by molar-refractivity contribution is 8.15. The second-order valence-electron chi connectivity index (χ2n) is 8.30. The van der Waals surface area contributed by atoms with Gasteiger partial charge in [-0.2, -0.15) is 0 Å². The van der Waals surface area contributed by atoms with E-state index in [1.165, 1.54) is 11.8 Å². The number of halogens is 1. The third kappa shape index (κ3) is 6.93. The smallest absolute Gasteiger partial charge is 0.338 e. The molecule has 8 nitrogen and oxygen atoms in total. The largest absolute Gasteiger partial charge is 0.497 e. The molecule has 0 spiro atoms. The number of hydrogen-bond acceptors (Lipinski definition) is 7. The molecule has 2 amide bonds. The topological polar surface area (TPSA) is 97.3 Å². The van der Waals surface area contributed by atoms with Gasteiger partial charge in [0.15, 0.2) is 5.17 Å². The van der Waals surface area contributed by atoms with Gasteiger partial charge in [-0.25, -0.2) is 9.79 Å². The van der Waals surface area contributed by atoms with Crippen LogP contribution in [0.2, 0.25) is 5.02 Å². The van der Waals surface area contributed by atoms with E-state index >= 15 is 0 Å². The molecule has 0 radical (unpaired) electrons. The minimum absolute atomic E-state index is 0.00714. The number of anilines is 1. The van der Waals surface area contributed by atoms with Crippen molar-refractivity contribution in [2.45, 2.75) is 25.1 Å². The molecule has 4 rings (SSSR count). The lowest BCUT2D eigenvalue weighted by molar-refractivity contribution is -0.129. The Morgan fingerprint density at radius 2 is 1.74 bits per heavy atom. The fraction of sp³-hybridized carbons (Fsp3) is 0.214. The molecule has 0 unspecified atom stereocenters. The maximum atomic E-state index is 13.3. The van der Waals surface area contributed by atoms with Crippen molar-refractivity contribution in [1.82, 2.24) is 4.90 Å². The van der Waals surface area contributed by atoms with Gasteiger partial charge in [-0.3, -0.25) is 14.5 Å². The quantitative estimate of drug-likeness (QED) is 0.361. The lowest BCUT2D eigenvalue weighted by Gasteiger charge is -2.32. The molecule has 196 valence electrons. The lowest BCUT2D eigenvalue weighted by Crippen LogP contribution is -2.44. The number of benzene rings is 3. The van der Waals surface area contributed by atoms with Crippen molar-refractivity contribution in [2.75, 3.05) is 19.0 Å². The van der Waals surface area contributed by atoms with E-state index in [0.717, 1.165) is 11.3 Å². The van der Waals surface area contributed by atoms with E-state index in [9.17, 15) is 14.4 Å². The van der Waals surface area contributed by atoms with E-state index < -0.39 is 11.2 Å². The number of thioether (sulfide) groups is 1. The van der Waals surface area contributed by atoms with Gasteiger partial charge in [0.25, 0.3) is 0 Å². The molecule has 1 fully saturated rings. The fourth-order valence-corrected chi connectivity index (χ4v) is 4.89. The Labute approximate surface area is 230 Å². The second-order valence-corrected chi connectivity index (χ2v) is 9.90. The van der Waals surface area contributed by atoms with Crippen molar-refractivity contribution < 1.29 is 23.9 Å². The van der Waals surface area contributed by atoms with Gasteiger partial charge in [0, 0.05) is 17.1 Å². The number of amidine groups is 1. The van der Waals surface area contributed by atoms with Crippen molar-refractivity contribution in [2.24, 2.45) is 4.99 Å². The van der Waals surface area contributed by atoms with Crippen LogP contribution in [0.25, 0.3) is 0 Å². The summed E-state index contributed by atoms with van der Waals surface area (Å²) in [5.74, 6) is -0.265. The van der Waals surface area contributed by atoms with Crippen LogP contribution >= 0.6 is 23.4 Å². The number of carbonyl (C=O) groups is 3. The molecule has 0 aliphatic carbocycles. The van der Waals surface area contributed by atoms with E-state index in [-0.39, 0.29) is 24.8 Å². The SMILES string of the molecule is CCOC(=O)c1ccc(NC(=O)[C@@H]2CC(=O)N(Cc3ccc(OC)cc3)C(=Nc3ccc(Cl)cc3)S2)cc1. The molecule has 1 N–H and O–H groups in total. The van der Waals surface area contributed by atoms with E-state index in [2.05, 4.69) is 10.3 Å². The number of aliphatic imine (C=N–C) groups is 1. The average Bonchev–Trinajstić information content (AvgIpc) is 2.92. The van der Waals surface area contributed by atoms with Crippen molar-refractivity contribution in [3.05, 3.63) is 88.9 Å². The second kappa shape index (κ2) is 12.6. The maximum absolute atomic E-state index is 13.3. The summed E-state index contributed by atoms with van der Waals surface area (Å²) in [6, 6.07) is 20.8. The summed E-state index contributed by atoms with van der Waals surface area (Å²) in [6.07, 6.45) is 0.00714. The van der Waals surface area contributed by atoms with Gasteiger partial charge in [0.2, 0.25) is 11.8 Å². The number of hydrogen-bond donors (Lipinski definition) is 1. The van der Waals surface area contributed by atoms with E-state index in [4.69, 9.17) is 21.1 Å². The Hall–Kier alpha value is -3.82. The molecule has 1 atom stereocenters. The number of carbonyl (C=O) groups excluding carboxylic acids is 3. The molecule has 1 aliphatic rings. The Kier molecular flexibility index (Phi) is 9.04. The first kappa shape index (κ1) is 27.2. The van der Waals surface area contributed by atoms with Crippen LogP contribution in [0.15, 0.2) is 77.8 Å². The van der Waals surface area contributed by atoms with Crippen LogP contribution in [-0.4, -0.2) is 46.8 Å². The molecule has 1 heterocycles. The van der Waals surface area contributed by atoms with Crippen LogP contribution in [-0.2, 0) is 20.9 Å². The summed E-state index contributed by atoms with van der Waals surface area (Å²) in [6.45, 7) is 2.31. The first-order valence-electron chi connectivity index (χ1n) is 11.9. The molecule has 0 bridgehead atoms. The Morgan fingerprint density at radius 3 is 2.37 bits per heavy atom. The zero-order chi connectivity index (χ0) is 27.1. The van der Waals surface area contributed by atoms with Gasteiger partial charge in [-0.05, 0) is 73.2 Å². The predicted molar refractivity (Wildman–Crippen MR) is 149 cm³/mol. The molecule has 3 aromatic rings. The number of rotatable bonds is 8. The fourth-order valence-electron chi connectivity index (χ4n) is 3.66. The normalized spacial score (nSPS) is 16.3. The Balaban J connectivity index is 1.53. The number of nitrogens with zero attached hydrogens (tertiary/aromatic N) is 2. The highest BCUT2D eigenvalue weighted by atomic mass is 35.5. The number of nitrogens with one attached hydrogen (secondary N) is 1. The highest BCUT2D eigenvalue weighted by Gasteiger charge is 2.36. The summed E-state index contributed by atoms with van der Waals surface area (Å²) >= 11 is 7.24. The zero-order valence-electron chi connectivity index (χ0n) is 20.8. The Bertz CT molecular complexity index is 1330. The molecule has 10 heteroatoms. The van der Waals surface area contributed by atoms with Gasteiger partial charge < -0.3 is 14.8 Å². The number of methoxy groups -OCH3 is 1. The third-order valence-corrected chi connectivity index (χ3v) is 7.09. The van der Waals surface area contributed by atoms with Gasteiger partial charge in [-0.1, -0.05) is 35.5 Å². The van der Waals surface area contributed by atoms with E-state index in [1.807, 2.05) is 24.3 Å². The summed E-state index contributed by atoms with van der Waals surface area (Å²) < 4.78 is 10.2. The first-order valence-corrected chi connectivity index (χ1v) is 13.1. The predicted octanol–water partition coefficient (Wildman–Crippen LogP) is 5.69. The zero-order valence-corrected chi connectivity index (χ0v) is 22.4. The van der Waals surface area contributed by atoms with Crippen molar-refractivity contribution in [3.63, 3.8) is 0 Å². The first-order chi connectivity index (χ1) is 18.4. The van der Waals surface area contributed by atoms with Crippen molar-refractivity contribution in [3.8, 4) is 5.75 Å². The molecule has 1 saturated heterocycles. The van der Waals surface area contributed by atoms with Crippen LogP contribution in [0.1, 0.15) is 29.3 Å². The van der Waals surface area contributed by atoms with Crippen LogP contribution in [0.4, 0.5) is 11.4 Å². The minimum Gasteiger partial charge on any atom is -0.497 e. The third-order valence-electron chi connectivity index (χ3n) is 5.65. The number of amides is 2. The van der Waals surface area contributed by atoms with Crippen molar-refractivity contribution >= 4 is 57.7 Å². The van der Waals surface area contributed by atoms with Gasteiger partial charge in [0.05, 0.1) is 31.5 Å². The van der Waals surface area contributed by atoms with E-state index in [0.29, 0.717) is 33.7 Å². The monoisotopic (exact) mass is 551 g/mol. The summed E-state index contributed by atoms with van der Waals surface area (Å²) in [5.41, 5.74) is 2.40. The molecule has 0 saturated carbocycles. The summed E-state index contributed by atoms with van der Waals surface area (Å²) in [5, 5.41) is 3.13. The standard InChI is InChI=1S/C28H26ClN3O5S/c1-3-37-27(35)19-6-10-21(11-7-19)30-26(34)24-16-25(33)32(17-18-4-14-23(36-2)15-5-18)28(38-24)31-22-12-8-20(29)9-13-22/h4-15,24H,3,16-17H2,1-2H3,(H,30,34)/t24-/m0/s1. The lowest BCUT2D eigenvalue weighted by atomic mass is 10.1. The van der Waals surface area contributed by atoms with E-state index in [1.54, 1.807) is 67.5 Å². The van der Waals surface area contributed by atoms with Gasteiger partial charge >= 0.3 is 5.97 Å². The van der Waals surface area contributed by atoms with Gasteiger partial charge in [0.1, 0.15) is 11.0 Å². The minimum atomic E-state index is -0.689. The van der Waals surface area contributed by atoms with Crippen molar-refractivity contribution in [1.29, 1.82) is 0 Å². The number of ether oxygens (including phenoxy) is 2. The molecule has 3 aromatic carbocycles. The average molecular weight is 552 g/mol. The summed E-state index contributed by atoms with van der Waals surface area (Å²) in [7, 11) is 1.59. The van der Waals surface area contributed by atoms with Crippen LogP contribution in [0, 0.1) is 0 Å². The Morgan fingerprint density at radius 1 is 1.05 bits per heavy atom. The summed E-state index contributed by atoms with van der Waals surface area (Å²) in [4.78, 5) is 44.6. The molecule has 0 aromatic heterocycles. The maximum Gasteiger partial charge on any atom is 0.338 e.